The normalized spacial score (nSPS) is 11.1. The van der Waals surface area contributed by atoms with E-state index in [1.165, 1.54) is 12.1 Å². The zero-order chi connectivity index (χ0) is 23.4. The smallest absolute Gasteiger partial charge is 0.269 e. The van der Waals surface area contributed by atoms with Gasteiger partial charge in [-0.2, -0.15) is 5.10 Å². The fourth-order valence-corrected chi connectivity index (χ4v) is 4.30. The van der Waals surface area contributed by atoms with Gasteiger partial charge < -0.3 is 10.3 Å². The number of aromatic amines is 2. The maximum atomic E-state index is 13.4. The molecule has 0 radical (unpaired) electrons. The summed E-state index contributed by atoms with van der Waals surface area (Å²) in [6.45, 7) is 4.14. The summed E-state index contributed by atoms with van der Waals surface area (Å²) in [7, 11) is 0. The summed E-state index contributed by atoms with van der Waals surface area (Å²) in [6, 6.07) is 14.2. The van der Waals surface area contributed by atoms with Gasteiger partial charge >= 0.3 is 0 Å². The summed E-state index contributed by atoms with van der Waals surface area (Å²) >= 11 is 0. The minimum atomic E-state index is -0.292. The number of aromatic nitrogens is 3. The fraction of sp³-hybridized carbons (Fsp3) is 0.269. The number of carbonyl (C=O) groups excluding carboxylic acids is 1. The first-order chi connectivity index (χ1) is 16.0. The highest BCUT2D eigenvalue weighted by molar-refractivity contribution is 5.91. The molecule has 0 atom stereocenters. The number of rotatable bonds is 8. The number of benzene rings is 2. The molecule has 0 fully saturated rings. The average molecular weight is 447 g/mol. The minimum Gasteiger partial charge on any atom is -0.354 e. The van der Waals surface area contributed by atoms with Crippen LogP contribution in [0, 0.1) is 5.82 Å². The number of amides is 1. The molecule has 0 aliphatic heterocycles. The highest BCUT2D eigenvalue weighted by Crippen LogP contribution is 2.31. The summed E-state index contributed by atoms with van der Waals surface area (Å²) < 4.78 is 13.4. The van der Waals surface area contributed by atoms with Crippen LogP contribution in [0.1, 0.15) is 42.7 Å². The lowest BCUT2D eigenvalue weighted by atomic mass is 10.0. The van der Waals surface area contributed by atoms with Crippen molar-refractivity contribution in [2.24, 2.45) is 0 Å². The summed E-state index contributed by atoms with van der Waals surface area (Å²) in [5, 5.41) is 10.6. The Morgan fingerprint density at radius 1 is 1.00 bits per heavy atom. The number of halogens is 1. The van der Waals surface area contributed by atoms with Crippen LogP contribution in [0.4, 0.5) is 4.39 Å². The Labute approximate surface area is 191 Å². The number of aryl methyl sites for hydroxylation is 2. The van der Waals surface area contributed by atoms with E-state index in [0.717, 1.165) is 39.0 Å². The molecule has 2 aromatic heterocycles. The molecule has 3 N–H and O–H groups in total. The van der Waals surface area contributed by atoms with Crippen molar-refractivity contribution < 1.29 is 9.18 Å². The van der Waals surface area contributed by atoms with Crippen molar-refractivity contribution in [1.82, 2.24) is 20.5 Å². The predicted octanol–water partition coefficient (Wildman–Crippen LogP) is 4.43. The van der Waals surface area contributed by atoms with Crippen molar-refractivity contribution in [3.63, 3.8) is 0 Å². The first-order valence-electron chi connectivity index (χ1n) is 11.2. The third kappa shape index (κ3) is 4.72. The topological polar surface area (TPSA) is 90.6 Å². The van der Waals surface area contributed by atoms with Gasteiger partial charge in [0.1, 0.15) is 5.82 Å². The van der Waals surface area contributed by atoms with Crippen LogP contribution in [-0.2, 0) is 30.6 Å². The molecule has 33 heavy (non-hydrogen) atoms. The molecule has 0 bridgehead atoms. The maximum absolute atomic E-state index is 13.4. The predicted molar refractivity (Wildman–Crippen MR) is 127 cm³/mol. The highest BCUT2D eigenvalue weighted by atomic mass is 19.1. The van der Waals surface area contributed by atoms with Crippen LogP contribution < -0.4 is 10.9 Å². The van der Waals surface area contributed by atoms with Gasteiger partial charge in [-0.05, 0) is 66.3 Å². The molecule has 0 aliphatic rings. The molecule has 170 valence electrons. The van der Waals surface area contributed by atoms with Crippen LogP contribution >= 0.6 is 0 Å². The molecule has 0 spiro atoms. The molecule has 2 aromatic carbocycles. The fourth-order valence-electron chi connectivity index (χ4n) is 4.30. The van der Waals surface area contributed by atoms with E-state index in [-0.39, 0.29) is 30.2 Å². The number of nitrogens with one attached hydrogen (secondary N) is 3. The SMILES string of the molecule is CCc1n[nH]c(=O)c(CNC(=O)CCc2c(-c3ccc(F)cc3)[nH]c3ccccc23)c1CC. The van der Waals surface area contributed by atoms with Gasteiger partial charge in [-0.1, -0.05) is 32.0 Å². The highest BCUT2D eigenvalue weighted by Gasteiger charge is 2.16. The van der Waals surface area contributed by atoms with Crippen LogP contribution in [0.2, 0.25) is 0 Å². The lowest BCUT2D eigenvalue weighted by molar-refractivity contribution is -0.121. The van der Waals surface area contributed by atoms with E-state index < -0.39 is 0 Å². The zero-order valence-electron chi connectivity index (χ0n) is 18.8. The van der Waals surface area contributed by atoms with E-state index in [0.29, 0.717) is 24.8 Å². The number of hydrogen-bond donors (Lipinski definition) is 3. The Morgan fingerprint density at radius 2 is 1.76 bits per heavy atom. The number of carbonyl (C=O) groups is 1. The lowest BCUT2D eigenvalue weighted by Gasteiger charge is -2.11. The molecule has 6 nitrogen and oxygen atoms in total. The van der Waals surface area contributed by atoms with Gasteiger partial charge in [-0.15, -0.1) is 0 Å². The molecule has 0 unspecified atom stereocenters. The Balaban J connectivity index is 1.53. The maximum Gasteiger partial charge on any atom is 0.269 e. The van der Waals surface area contributed by atoms with E-state index in [9.17, 15) is 14.0 Å². The third-order valence-corrected chi connectivity index (χ3v) is 5.98. The summed E-state index contributed by atoms with van der Waals surface area (Å²) in [6.07, 6.45) is 2.17. The molecular weight excluding hydrogens is 419 g/mol. The largest absolute Gasteiger partial charge is 0.354 e. The molecule has 0 saturated carbocycles. The van der Waals surface area contributed by atoms with E-state index in [2.05, 4.69) is 20.5 Å². The molecule has 0 aliphatic carbocycles. The second kappa shape index (κ2) is 9.81. The van der Waals surface area contributed by atoms with E-state index >= 15 is 0 Å². The van der Waals surface area contributed by atoms with Gasteiger partial charge in [0, 0.05) is 35.1 Å². The Morgan fingerprint density at radius 3 is 2.48 bits per heavy atom. The summed E-state index contributed by atoms with van der Waals surface area (Å²) in [4.78, 5) is 28.4. The first-order valence-corrected chi connectivity index (χ1v) is 11.2. The molecule has 2 heterocycles. The number of nitrogens with zero attached hydrogens (tertiary/aromatic N) is 1. The van der Waals surface area contributed by atoms with E-state index in [4.69, 9.17) is 0 Å². The molecule has 4 aromatic rings. The Kier molecular flexibility index (Phi) is 6.68. The first kappa shape index (κ1) is 22.5. The number of fused-ring (bicyclic) bond motifs is 1. The molecular formula is C26H27FN4O2. The van der Waals surface area contributed by atoms with Crippen LogP contribution in [0.3, 0.4) is 0 Å². The van der Waals surface area contributed by atoms with Gasteiger partial charge in [-0.3, -0.25) is 9.59 Å². The molecule has 4 rings (SSSR count). The quantitative estimate of drug-likeness (QED) is 0.374. The summed E-state index contributed by atoms with van der Waals surface area (Å²) in [5.41, 5.74) is 5.78. The minimum absolute atomic E-state index is 0.137. The van der Waals surface area contributed by atoms with Crippen LogP contribution in [0.25, 0.3) is 22.2 Å². The molecule has 1 amide bonds. The number of hydrogen-bond acceptors (Lipinski definition) is 3. The van der Waals surface area contributed by atoms with Crippen molar-refractivity contribution in [1.29, 1.82) is 0 Å². The van der Waals surface area contributed by atoms with Crippen LogP contribution in [0.5, 0.6) is 0 Å². The zero-order valence-corrected chi connectivity index (χ0v) is 18.8. The Hall–Kier alpha value is -3.74. The monoisotopic (exact) mass is 446 g/mol. The third-order valence-electron chi connectivity index (χ3n) is 5.98. The van der Waals surface area contributed by atoms with Crippen molar-refractivity contribution in [2.75, 3.05) is 0 Å². The van der Waals surface area contributed by atoms with Crippen molar-refractivity contribution in [3.05, 3.63) is 87.1 Å². The summed E-state index contributed by atoms with van der Waals surface area (Å²) in [5.74, 6) is -0.429. The standard InChI is InChI=1S/C26H27FN4O2/c1-3-18-21(26(33)31-30-22(18)4-2)15-28-24(32)14-13-20-19-7-5-6-8-23(19)29-25(20)16-9-11-17(27)12-10-16/h5-12,29H,3-4,13-15H2,1-2H3,(H,28,32)(H,31,33). The molecule has 7 heteroatoms. The van der Waals surface area contributed by atoms with E-state index in [1.807, 2.05) is 38.1 Å². The van der Waals surface area contributed by atoms with Gasteiger partial charge in [0.05, 0.1) is 5.69 Å². The van der Waals surface area contributed by atoms with Crippen LogP contribution in [-0.4, -0.2) is 21.1 Å². The number of H-pyrrole nitrogens is 2. The number of para-hydroxylation sites is 1. The van der Waals surface area contributed by atoms with E-state index in [1.54, 1.807) is 12.1 Å². The van der Waals surface area contributed by atoms with Gasteiger partial charge in [0.25, 0.3) is 5.56 Å². The lowest BCUT2D eigenvalue weighted by Crippen LogP contribution is -2.29. The molecule has 0 saturated heterocycles. The Bertz CT molecular complexity index is 1340. The van der Waals surface area contributed by atoms with Gasteiger partial charge in [0.15, 0.2) is 0 Å². The van der Waals surface area contributed by atoms with Crippen molar-refractivity contribution in [2.45, 2.75) is 46.1 Å². The second-order valence-corrected chi connectivity index (χ2v) is 7.97. The van der Waals surface area contributed by atoms with Crippen molar-refractivity contribution >= 4 is 16.8 Å². The average Bonchev–Trinajstić information content (AvgIpc) is 3.20. The van der Waals surface area contributed by atoms with Crippen LogP contribution in [0.15, 0.2) is 53.3 Å². The van der Waals surface area contributed by atoms with Gasteiger partial charge in [0.2, 0.25) is 5.91 Å². The second-order valence-electron chi connectivity index (χ2n) is 7.97. The van der Waals surface area contributed by atoms with Gasteiger partial charge in [-0.25, -0.2) is 9.49 Å². The van der Waals surface area contributed by atoms with Crippen molar-refractivity contribution in [3.8, 4) is 11.3 Å².